The molecule has 0 fully saturated rings. The fraction of sp³-hybridized carbons (Fsp3) is 0.444. The summed E-state index contributed by atoms with van der Waals surface area (Å²) in [6.07, 6.45) is 0.679. The third-order valence-electron chi connectivity index (χ3n) is 3.75. The fourth-order valence-corrected chi connectivity index (χ4v) is 2.42. The van der Waals surface area contributed by atoms with E-state index < -0.39 is 0 Å². The Morgan fingerprint density at radius 1 is 1.17 bits per heavy atom. The van der Waals surface area contributed by atoms with E-state index in [1.165, 1.54) is 0 Å². The molecule has 2 N–H and O–H groups in total. The maximum absolute atomic E-state index is 12.2. The smallest absolute Gasteiger partial charge is 0.251 e. The van der Waals surface area contributed by atoms with Gasteiger partial charge in [0.15, 0.2) is 11.5 Å². The van der Waals surface area contributed by atoms with Crippen LogP contribution < -0.4 is 20.3 Å². The second-order valence-electron chi connectivity index (χ2n) is 6.12. The summed E-state index contributed by atoms with van der Waals surface area (Å²) in [7, 11) is 3.11. The third-order valence-corrected chi connectivity index (χ3v) is 3.75. The molecule has 1 heterocycles. The second-order valence-corrected chi connectivity index (χ2v) is 6.12. The van der Waals surface area contributed by atoms with Crippen molar-refractivity contribution < 1.29 is 14.3 Å². The van der Waals surface area contributed by atoms with Gasteiger partial charge in [-0.15, -0.1) is 0 Å². The average molecular weight is 332 g/mol. The SMILES string of the molecule is COc1cc2cc(CCC(=O)NCC(C)C)c(=O)[nH]c2cc1OC. The number of hydrogen-bond donors (Lipinski definition) is 2. The highest BCUT2D eigenvalue weighted by atomic mass is 16.5. The Labute approximate surface area is 141 Å². The van der Waals surface area contributed by atoms with Gasteiger partial charge in [0.1, 0.15) is 0 Å². The second kappa shape index (κ2) is 7.86. The van der Waals surface area contributed by atoms with Crippen molar-refractivity contribution in [1.82, 2.24) is 10.3 Å². The maximum Gasteiger partial charge on any atom is 0.251 e. The van der Waals surface area contributed by atoms with E-state index >= 15 is 0 Å². The maximum atomic E-state index is 12.2. The Kier molecular flexibility index (Phi) is 5.84. The molecule has 1 aromatic carbocycles. The number of nitrogens with one attached hydrogen (secondary N) is 2. The first kappa shape index (κ1) is 17.8. The third kappa shape index (κ3) is 4.28. The Morgan fingerprint density at radius 2 is 1.83 bits per heavy atom. The molecule has 0 spiro atoms. The number of aromatic amines is 1. The minimum absolute atomic E-state index is 0.0458. The molecule has 0 aliphatic heterocycles. The van der Waals surface area contributed by atoms with Crippen LogP contribution in [0.4, 0.5) is 0 Å². The highest BCUT2D eigenvalue weighted by molar-refractivity contribution is 5.83. The van der Waals surface area contributed by atoms with Gasteiger partial charge in [0, 0.05) is 30.0 Å². The van der Waals surface area contributed by atoms with E-state index in [-0.39, 0.29) is 17.9 Å². The van der Waals surface area contributed by atoms with E-state index in [2.05, 4.69) is 10.3 Å². The molecule has 0 aliphatic rings. The van der Waals surface area contributed by atoms with Crippen molar-refractivity contribution in [3.05, 3.63) is 34.1 Å². The number of fused-ring (bicyclic) bond motifs is 1. The zero-order chi connectivity index (χ0) is 17.7. The van der Waals surface area contributed by atoms with Crippen LogP contribution in [0.2, 0.25) is 0 Å². The van der Waals surface area contributed by atoms with Crippen LogP contribution >= 0.6 is 0 Å². The van der Waals surface area contributed by atoms with E-state index in [9.17, 15) is 9.59 Å². The molecule has 2 rings (SSSR count). The van der Waals surface area contributed by atoms with Crippen LogP contribution in [0.15, 0.2) is 23.0 Å². The number of H-pyrrole nitrogens is 1. The summed E-state index contributed by atoms with van der Waals surface area (Å²) in [5.74, 6) is 1.51. The lowest BCUT2D eigenvalue weighted by Crippen LogP contribution is -2.28. The topological polar surface area (TPSA) is 80.4 Å². The summed E-state index contributed by atoms with van der Waals surface area (Å²) < 4.78 is 10.5. The number of benzene rings is 1. The van der Waals surface area contributed by atoms with Crippen LogP contribution in [0.25, 0.3) is 10.9 Å². The molecule has 0 atom stereocenters. The molecule has 130 valence electrons. The Bertz CT molecular complexity index is 780. The number of aromatic nitrogens is 1. The number of ether oxygens (including phenoxy) is 2. The zero-order valence-electron chi connectivity index (χ0n) is 14.6. The molecule has 0 saturated carbocycles. The molecule has 0 unspecified atom stereocenters. The van der Waals surface area contributed by atoms with Gasteiger partial charge in [-0.05, 0) is 24.5 Å². The zero-order valence-corrected chi connectivity index (χ0v) is 14.6. The van der Waals surface area contributed by atoms with Gasteiger partial charge in [-0.25, -0.2) is 0 Å². The molecule has 24 heavy (non-hydrogen) atoms. The van der Waals surface area contributed by atoms with Crippen molar-refractivity contribution in [2.24, 2.45) is 5.92 Å². The molecular weight excluding hydrogens is 308 g/mol. The van der Waals surface area contributed by atoms with E-state index in [4.69, 9.17) is 9.47 Å². The van der Waals surface area contributed by atoms with Crippen molar-refractivity contribution in [3.63, 3.8) is 0 Å². The fourth-order valence-electron chi connectivity index (χ4n) is 2.42. The van der Waals surface area contributed by atoms with Gasteiger partial charge < -0.3 is 19.8 Å². The first-order valence-corrected chi connectivity index (χ1v) is 7.99. The Hall–Kier alpha value is -2.50. The molecule has 6 nitrogen and oxygen atoms in total. The summed E-state index contributed by atoms with van der Waals surface area (Å²) in [5.41, 5.74) is 1.06. The van der Waals surface area contributed by atoms with Crippen LogP contribution in [0.1, 0.15) is 25.8 Å². The van der Waals surface area contributed by atoms with Gasteiger partial charge in [0.2, 0.25) is 5.91 Å². The minimum Gasteiger partial charge on any atom is -0.493 e. The monoisotopic (exact) mass is 332 g/mol. The predicted molar refractivity (Wildman–Crippen MR) is 93.8 cm³/mol. The highest BCUT2D eigenvalue weighted by Gasteiger charge is 2.10. The average Bonchev–Trinajstić information content (AvgIpc) is 2.56. The number of carbonyl (C=O) groups is 1. The van der Waals surface area contributed by atoms with Crippen LogP contribution in [-0.2, 0) is 11.2 Å². The Morgan fingerprint density at radius 3 is 2.46 bits per heavy atom. The number of rotatable bonds is 7. The van der Waals surface area contributed by atoms with Crippen molar-refractivity contribution in [1.29, 1.82) is 0 Å². The van der Waals surface area contributed by atoms with Gasteiger partial charge in [0.25, 0.3) is 5.56 Å². The number of aryl methyl sites for hydroxylation is 1. The molecule has 0 saturated heterocycles. The number of methoxy groups -OCH3 is 2. The van der Waals surface area contributed by atoms with Gasteiger partial charge in [-0.1, -0.05) is 13.8 Å². The highest BCUT2D eigenvalue weighted by Crippen LogP contribution is 2.31. The number of hydrogen-bond acceptors (Lipinski definition) is 4. The van der Waals surface area contributed by atoms with Gasteiger partial charge in [0.05, 0.1) is 19.7 Å². The first-order valence-electron chi connectivity index (χ1n) is 7.99. The Balaban J connectivity index is 2.20. The van der Waals surface area contributed by atoms with E-state index in [1.54, 1.807) is 26.4 Å². The van der Waals surface area contributed by atoms with Crippen molar-refractivity contribution in [2.75, 3.05) is 20.8 Å². The summed E-state index contributed by atoms with van der Waals surface area (Å²) in [6, 6.07) is 5.34. The molecule has 1 aromatic heterocycles. The number of pyridine rings is 1. The van der Waals surface area contributed by atoms with Crippen molar-refractivity contribution in [3.8, 4) is 11.5 Å². The van der Waals surface area contributed by atoms with Gasteiger partial charge in [-0.2, -0.15) is 0 Å². The van der Waals surface area contributed by atoms with Crippen LogP contribution in [0.3, 0.4) is 0 Å². The summed E-state index contributed by atoms with van der Waals surface area (Å²) in [4.78, 5) is 26.9. The molecule has 6 heteroatoms. The van der Waals surface area contributed by atoms with Crippen LogP contribution in [0, 0.1) is 5.92 Å². The van der Waals surface area contributed by atoms with Gasteiger partial charge in [-0.3, -0.25) is 9.59 Å². The van der Waals surface area contributed by atoms with Gasteiger partial charge >= 0.3 is 0 Å². The van der Waals surface area contributed by atoms with Crippen LogP contribution in [0.5, 0.6) is 11.5 Å². The number of carbonyl (C=O) groups excluding carboxylic acids is 1. The standard InChI is InChI=1S/C18H24N2O4/c1-11(2)10-19-17(21)6-5-12-7-13-8-15(23-3)16(24-4)9-14(13)20-18(12)22/h7-9,11H,5-6,10H2,1-4H3,(H,19,21)(H,20,22). The van der Waals surface area contributed by atoms with Crippen molar-refractivity contribution in [2.45, 2.75) is 26.7 Å². The molecule has 1 amide bonds. The first-order chi connectivity index (χ1) is 11.4. The molecule has 2 aromatic rings. The molecule has 0 aliphatic carbocycles. The lowest BCUT2D eigenvalue weighted by molar-refractivity contribution is -0.121. The van der Waals surface area contributed by atoms with E-state index in [0.717, 1.165) is 5.39 Å². The number of amides is 1. The van der Waals surface area contributed by atoms with E-state index in [1.807, 2.05) is 19.9 Å². The quantitative estimate of drug-likeness (QED) is 0.815. The van der Waals surface area contributed by atoms with Crippen molar-refractivity contribution >= 4 is 16.8 Å². The van der Waals surface area contributed by atoms with E-state index in [0.29, 0.717) is 41.5 Å². The van der Waals surface area contributed by atoms with Crippen LogP contribution in [-0.4, -0.2) is 31.7 Å². The molecule has 0 radical (unpaired) electrons. The minimum atomic E-state index is -0.189. The molecular formula is C18H24N2O4. The molecule has 0 bridgehead atoms. The summed E-state index contributed by atoms with van der Waals surface area (Å²) in [5, 5.41) is 3.69. The largest absolute Gasteiger partial charge is 0.493 e. The summed E-state index contributed by atoms with van der Waals surface area (Å²) >= 11 is 0. The predicted octanol–water partition coefficient (Wildman–Crippen LogP) is 2.25. The lowest BCUT2D eigenvalue weighted by Gasteiger charge is -2.10. The normalized spacial score (nSPS) is 10.9. The summed E-state index contributed by atoms with van der Waals surface area (Å²) in [6.45, 7) is 4.72. The lowest BCUT2D eigenvalue weighted by atomic mass is 10.1.